The molecule has 0 amide bonds. The summed E-state index contributed by atoms with van der Waals surface area (Å²) in [4.78, 5) is 7.76. The zero-order valence-corrected chi connectivity index (χ0v) is 13.6. The van der Waals surface area contributed by atoms with Crippen molar-refractivity contribution in [1.29, 1.82) is 0 Å². The van der Waals surface area contributed by atoms with E-state index >= 15 is 0 Å². The van der Waals surface area contributed by atoms with Gasteiger partial charge in [0.2, 0.25) is 0 Å². The van der Waals surface area contributed by atoms with E-state index in [4.69, 9.17) is 0 Å². The number of alkyl halides is 3. The lowest BCUT2D eigenvalue weighted by atomic mass is 10.00. The van der Waals surface area contributed by atoms with Crippen molar-refractivity contribution >= 4 is 5.82 Å². The van der Waals surface area contributed by atoms with Gasteiger partial charge in [0.15, 0.2) is 0 Å². The Balaban J connectivity index is 1.59. The average molecular weight is 361 g/mol. The predicted molar refractivity (Wildman–Crippen MR) is 84.0 cm³/mol. The molecule has 2 fully saturated rings. The van der Waals surface area contributed by atoms with Crippen LogP contribution in [0, 0.1) is 5.92 Å². The molecule has 2 aliphatic heterocycles. The Morgan fingerprint density at radius 2 is 1.80 bits per heavy atom. The highest BCUT2D eigenvalue weighted by atomic mass is 19.4. The zero-order valence-electron chi connectivity index (χ0n) is 13.6. The van der Waals surface area contributed by atoms with E-state index in [-0.39, 0.29) is 19.0 Å². The molecule has 25 heavy (non-hydrogen) atoms. The number of aromatic nitrogens is 1. The van der Waals surface area contributed by atoms with Crippen molar-refractivity contribution in [3.8, 4) is 0 Å². The summed E-state index contributed by atoms with van der Waals surface area (Å²) in [5.74, 6) is 0.512. The van der Waals surface area contributed by atoms with Crippen molar-refractivity contribution in [2.75, 3.05) is 37.6 Å². The molecule has 3 N–H and O–H groups in total. The molecule has 6 nitrogen and oxygen atoms in total. The van der Waals surface area contributed by atoms with Gasteiger partial charge in [-0.1, -0.05) is 0 Å². The third kappa shape index (κ3) is 4.22. The Bertz CT molecular complexity index is 589. The number of halogens is 3. The van der Waals surface area contributed by atoms with E-state index in [0.29, 0.717) is 25.5 Å². The zero-order chi connectivity index (χ0) is 18.2. The monoisotopic (exact) mass is 361 g/mol. The number of anilines is 1. The number of rotatable bonds is 3. The summed E-state index contributed by atoms with van der Waals surface area (Å²) >= 11 is 0. The maximum Gasteiger partial charge on any atom is 0.416 e. The maximum atomic E-state index is 12.8. The standard InChI is InChI=1S/C16H22F3N3O3/c17-16(18,19)11-1-3-20-14(5-11)22-4-2-10(7-22)6-21-8-12(23)15(25)13(24)9-21/h1,3,5,10,12-13,15,23-25H,2,4,6-9H2/t10-,12?,13?,15?/m1/s1. The van der Waals surface area contributed by atoms with E-state index in [1.54, 1.807) is 0 Å². The van der Waals surface area contributed by atoms with E-state index in [9.17, 15) is 28.5 Å². The summed E-state index contributed by atoms with van der Waals surface area (Å²) in [5.41, 5.74) is -0.711. The van der Waals surface area contributed by atoms with Gasteiger partial charge in [-0.2, -0.15) is 13.2 Å². The third-order valence-corrected chi connectivity index (χ3v) is 4.88. The Morgan fingerprint density at radius 3 is 2.44 bits per heavy atom. The lowest BCUT2D eigenvalue weighted by Gasteiger charge is -2.38. The Labute approximate surface area is 143 Å². The molecule has 0 aliphatic carbocycles. The first kappa shape index (κ1) is 18.4. The van der Waals surface area contributed by atoms with Crippen molar-refractivity contribution in [3.63, 3.8) is 0 Å². The minimum Gasteiger partial charge on any atom is -0.389 e. The summed E-state index contributed by atoms with van der Waals surface area (Å²) in [6.45, 7) is 2.34. The van der Waals surface area contributed by atoms with Gasteiger partial charge >= 0.3 is 6.18 Å². The normalized spacial score (nSPS) is 31.5. The molecule has 1 aromatic rings. The van der Waals surface area contributed by atoms with Crippen LogP contribution in [-0.4, -0.2) is 76.2 Å². The van der Waals surface area contributed by atoms with Crippen LogP contribution in [-0.2, 0) is 6.18 Å². The molecule has 2 saturated heterocycles. The van der Waals surface area contributed by atoms with Gasteiger partial charge in [-0.05, 0) is 24.5 Å². The molecular formula is C16H22F3N3O3. The molecule has 9 heteroatoms. The van der Waals surface area contributed by atoms with Gasteiger partial charge in [-0.15, -0.1) is 0 Å². The van der Waals surface area contributed by atoms with Crippen molar-refractivity contribution in [1.82, 2.24) is 9.88 Å². The fraction of sp³-hybridized carbons (Fsp3) is 0.688. The Hall–Kier alpha value is -1.42. The number of likely N-dealkylation sites (tertiary alicyclic amines) is 1. The van der Waals surface area contributed by atoms with Crippen LogP contribution in [0.25, 0.3) is 0 Å². The number of piperidine rings is 1. The van der Waals surface area contributed by atoms with Crippen molar-refractivity contribution in [2.24, 2.45) is 5.92 Å². The van der Waals surface area contributed by atoms with Gasteiger partial charge in [-0.25, -0.2) is 4.98 Å². The van der Waals surface area contributed by atoms with Gasteiger partial charge in [0, 0.05) is 38.9 Å². The van der Waals surface area contributed by atoms with Crippen LogP contribution in [0.5, 0.6) is 0 Å². The highest BCUT2D eigenvalue weighted by Crippen LogP contribution is 2.32. The molecule has 0 radical (unpaired) electrons. The topological polar surface area (TPSA) is 80.1 Å². The maximum absolute atomic E-state index is 12.8. The van der Waals surface area contributed by atoms with Crippen LogP contribution >= 0.6 is 0 Å². The highest BCUT2D eigenvalue weighted by molar-refractivity contribution is 5.42. The lowest BCUT2D eigenvalue weighted by molar-refractivity contribution is -0.137. The van der Waals surface area contributed by atoms with Gasteiger partial charge in [-0.3, -0.25) is 4.90 Å². The summed E-state index contributed by atoms with van der Waals surface area (Å²) in [6.07, 6.45) is -5.55. The first-order valence-electron chi connectivity index (χ1n) is 8.29. The fourth-order valence-corrected chi connectivity index (χ4v) is 3.55. The second-order valence-corrected chi connectivity index (χ2v) is 6.85. The van der Waals surface area contributed by atoms with Crippen LogP contribution in [0.2, 0.25) is 0 Å². The molecule has 0 aromatic carbocycles. The molecule has 0 saturated carbocycles. The molecule has 2 unspecified atom stereocenters. The largest absolute Gasteiger partial charge is 0.416 e. The number of aliphatic hydroxyl groups is 3. The quantitative estimate of drug-likeness (QED) is 0.720. The van der Waals surface area contributed by atoms with E-state index in [0.717, 1.165) is 18.6 Å². The minimum atomic E-state index is -4.39. The van der Waals surface area contributed by atoms with Crippen LogP contribution in [0.1, 0.15) is 12.0 Å². The first-order valence-corrected chi connectivity index (χ1v) is 8.29. The molecule has 3 atom stereocenters. The Kier molecular flexibility index (Phi) is 5.19. The Morgan fingerprint density at radius 1 is 1.12 bits per heavy atom. The summed E-state index contributed by atoms with van der Waals surface area (Å²) in [7, 11) is 0. The molecule has 0 spiro atoms. The number of hydrogen-bond donors (Lipinski definition) is 3. The number of pyridine rings is 1. The number of β-amino-alcohol motifs (C(OH)–C–C–N with tert-alkyl or cyclic N) is 2. The SMILES string of the molecule is OC1CN(C[C@H]2CCN(c3cc(C(F)(F)F)ccn3)C2)CC(O)C1O. The van der Waals surface area contributed by atoms with E-state index in [2.05, 4.69) is 4.98 Å². The van der Waals surface area contributed by atoms with Crippen LogP contribution in [0.15, 0.2) is 18.3 Å². The second-order valence-electron chi connectivity index (χ2n) is 6.85. The van der Waals surface area contributed by atoms with Crippen molar-refractivity contribution in [2.45, 2.75) is 30.9 Å². The van der Waals surface area contributed by atoms with Crippen LogP contribution in [0.3, 0.4) is 0 Å². The fourth-order valence-electron chi connectivity index (χ4n) is 3.55. The second kappa shape index (κ2) is 7.06. The summed E-state index contributed by atoms with van der Waals surface area (Å²) in [5, 5.41) is 29.1. The number of hydrogen-bond acceptors (Lipinski definition) is 6. The molecule has 2 aliphatic rings. The average Bonchev–Trinajstić information content (AvgIpc) is 3.00. The molecule has 140 valence electrons. The van der Waals surface area contributed by atoms with E-state index in [1.165, 1.54) is 6.20 Å². The highest BCUT2D eigenvalue weighted by Gasteiger charge is 2.36. The first-order chi connectivity index (χ1) is 11.7. The minimum absolute atomic E-state index is 0.200. The summed E-state index contributed by atoms with van der Waals surface area (Å²) in [6, 6.07) is 2.02. The van der Waals surface area contributed by atoms with Gasteiger partial charge in [0.1, 0.15) is 11.9 Å². The van der Waals surface area contributed by atoms with Crippen molar-refractivity contribution in [3.05, 3.63) is 23.9 Å². The predicted octanol–water partition coefficient (Wildman–Crippen LogP) is 0.325. The van der Waals surface area contributed by atoms with Crippen molar-refractivity contribution < 1.29 is 28.5 Å². The lowest BCUT2D eigenvalue weighted by Crippen LogP contribution is -2.56. The molecule has 3 rings (SSSR count). The van der Waals surface area contributed by atoms with Crippen LogP contribution < -0.4 is 4.90 Å². The number of aliphatic hydroxyl groups excluding tert-OH is 3. The molecular weight excluding hydrogens is 339 g/mol. The molecule has 3 heterocycles. The van der Waals surface area contributed by atoms with E-state index < -0.39 is 30.1 Å². The van der Waals surface area contributed by atoms with E-state index in [1.807, 2.05) is 9.80 Å². The molecule has 1 aromatic heterocycles. The van der Waals surface area contributed by atoms with Crippen LogP contribution in [0.4, 0.5) is 19.0 Å². The van der Waals surface area contributed by atoms with Gasteiger partial charge < -0.3 is 20.2 Å². The third-order valence-electron chi connectivity index (χ3n) is 4.88. The van der Waals surface area contributed by atoms with Gasteiger partial charge in [0.05, 0.1) is 17.8 Å². The van der Waals surface area contributed by atoms with Gasteiger partial charge in [0.25, 0.3) is 0 Å². The molecule has 0 bridgehead atoms. The summed E-state index contributed by atoms with van der Waals surface area (Å²) < 4.78 is 38.5. The number of nitrogens with zero attached hydrogens (tertiary/aromatic N) is 3. The smallest absolute Gasteiger partial charge is 0.389 e.